The first-order chi connectivity index (χ1) is 14.1. The maximum Gasteiger partial charge on any atom is 0.416 e. The highest BCUT2D eigenvalue weighted by molar-refractivity contribution is 8.15. The van der Waals surface area contributed by atoms with Gasteiger partial charge in [0.2, 0.25) is 5.91 Å². The summed E-state index contributed by atoms with van der Waals surface area (Å²) in [6.45, 7) is 1.18. The molecule has 0 saturated carbocycles. The lowest BCUT2D eigenvalue weighted by atomic mass is 9.97. The first-order valence-corrected chi connectivity index (χ1v) is 10.1. The molecule has 2 aromatic rings. The number of imide groups is 1. The molecular formula is C21H16F3NO4S. The number of halogens is 3. The average Bonchev–Trinajstić information content (AvgIpc) is 3.22. The van der Waals surface area contributed by atoms with Crippen molar-refractivity contribution in [3.05, 3.63) is 58.7 Å². The van der Waals surface area contributed by atoms with E-state index in [0.717, 1.165) is 41.1 Å². The standard InChI is InChI=1S/C21H16F3NO4S/c1-10(26)16-9-12(21(22,23)24)3-7-17(16)29-13-4-6-14-11(8-13)2-5-15(14)18-19(27)25-20(28)30-18/h3-4,6-9,15,18H,2,5H2,1H3,(H,25,27,28)/t15-,18?/m1/s1. The lowest BCUT2D eigenvalue weighted by Crippen LogP contribution is -2.27. The number of nitrogens with one attached hydrogen (secondary N) is 1. The van der Waals surface area contributed by atoms with Gasteiger partial charge in [-0.05, 0) is 61.2 Å². The molecule has 5 nitrogen and oxygen atoms in total. The molecule has 1 fully saturated rings. The normalized spacial score (nSPS) is 20.8. The van der Waals surface area contributed by atoms with Gasteiger partial charge < -0.3 is 4.74 Å². The highest BCUT2D eigenvalue weighted by atomic mass is 32.2. The van der Waals surface area contributed by atoms with E-state index in [1.54, 1.807) is 18.2 Å². The van der Waals surface area contributed by atoms with Crippen molar-refractivity contribution < 1.29 is 32.3 Å². The predicted molar refractivity (Wildman–Crippen MR) is 104 cm³/mol. The number of aryl methyl sites for hydroxylation is 1. The van der Waals surface area contributed by atoms with Crippen molar-refractivity contribution >= 4 is 28.7 Å². The SMILES string of the molecule is CC(=O)c1cc(C(F)(F)F)ccc1Oc1ccc2c(c1)CC[C@H]2C1SC(=O)NC1=O. The molecule has 2 amide bonds. The van der Waals surface area contributed by atoms with Gasteiger partial charge in [0.15, 0.2) is 5.78 Å². The van der Waals surface area contributed by atoms with E-state index in [4.69, 9.17) is 4.74 Å². The Labute approximate surface area is 174 Å². The van der Waals surface area contributed by atoms with Crippen LogP contribution in [-0.2, 0) is 17.4 Å². The molecule has 1 heterocycles. The quantitative estimate of drug-likeness (QED) is 0.678. The highest BCUT2D eigenvalue weighted by Crippen LogP contribution is 2.43. The summed E-state index contributed by atoms with van der Waals surface area (Å²) in [6.07, 6.45) is -3.17. The van der Waals surface area contributed by atoms with Gasteiger partial charge in [-0.15, -0.1) is 0 Å². The Bertz CT molecular complexity index is 1070. The third kappa shape index (κ3) is 3.81. The zero-order valence-electron chi connectivity index (χ0n) is 15.7. The van der Waals surface area contributed by atoms with Gasteiger partial charge in [0.1, 0.15) is 16.7 Å². The minimum Gasteiger partial charge on any atom is -0.457 e. The number of carbonyl (C=O) groups is 3. The fourth-order valence-electron chi connectivity index (χ4n) is 3.84. The number of Topliss-reactive ketones (excluding diaryl/α,β-unsaturated/α-hetero) is 1. The van der Waals surface area contributed by atoms with Crippen molar-refractivity contribution in [3.63, 3.8) is 0 Å². The highest BCUT2D eigenvalue weighted by Gasteiger charge is 2.41. The minimum absolute atomic E-state index is 0.0429. The topological polar surface area (TPSA) is 72.5 Å². The number of ether oxygens (including phenoxy) is 1. The number of hydrogen-bond donors (Lipinski definition) is 1. The number of ketones is 1. The summed E-state index contributed by atoms with van der Waals surface area (Å²) >= 11 is 0.990. The molecule has 9 heteroatoms. The lowest BCUT2D eigenvalue weighted by Gasteiger charge is -2.16. The molecule has 1 saturated heterocycles. The van der Waals surface area contributed by atoms with E-state index in [-0.39, 0.29) is 28.4 Å². The number of thioether (sulfide) groups is 1. The van der Waals surface area contributed by atoms with Gasteiger partial charge in [0.25, 0.3) is 5.24 Å². The summed E-state index contributed by atoms with van der Waals surface area (Å²) in [5.41, 5.74) is 0.824. The van der Waals surface area contributed by atoms with Gasteiger partial charge in [-0.2, -0.15) is 13.2 Å². The zero-order valence-corrected chi connectivity index (χ0v) is 16.5. The maximum atomic E-state index is 13.0. The Morgan fingerprint density at radius 3 is 2.57 bits per heavy atom. The van der Waals surface area contributed by atoms with Crippen LogP contribution in [0, 0.1) is 0 Å². The second-order valence-corrected chi connectivity index (χ2v) is 8.30. The molecule has 0 bridgehead atoms. The Kier molecular flexibility index (Phi) is 5.09. The number of amides is 2. The molecule has 30 heavy (non-hydrogen) atoms. The number of benzene rings is 2. The molecule has 2 atom stereocenters. The van der Waals surface area contributed by atoms with Crippen molar-refractivity contribution in [1.82, 2.24) is 5.32 Å². The summed E-state index contributed by atoms with van der Waals surface area (Å²) in [5, 5.41) is 1.48. The Hall–Kier alpha value is -2.81. The molecule has 0 aromatic heterocycles. The average molecular weight is 435 g/mol. The van der Waals surface area contributed by atoms with E-state index in [0.29, 0.717) is 18.6 Å². The van der Waals surface area contributed by atoms with E-state index >= 15 is 0 Å². The molecule has 156 valence electrons. The Balaban J connectivity index is 1.60. The summed E-state index contributed by atoms with van der Waals surface area (Å²) < 4.78 is 44.6. The molecule has 1 unspecified atom stereocenters. The van der Waals surface area contributed by atoms with Crippen LogP contribution in [0.2, 0.25) is 0 Å². The first kappa shape index (κ1) is 20.5. The van der Waals surface area contributed by atoms with E-state index in [2.05, 4.69) is 5.32 Å². The number of rotatable bonds is 4. The largest absolute Gasteiger partial charge is 0.457 e. The van der Waals surface area contributed by atoms with Gasteiger partial charge >= 0.3 is 6.18 Å². The van der Waals surface area contributed by atoms with Crippen LogP contribution in [0.15, 0.2) is 36.4 Å². The van der Waals surface area contributed by atoms with Crippen LogP contribution in [-0.4, -0.2) is 22.2 Å². The van der Waals surface area contributed by atoms with Gasteiger partial charge in [-0.25, -0.2) is 0 Å². The van der Waals surface area contributed by atoms with Crippen LogP contribution in [0.5, 0.6) is 11.5 Å². The van der Waals surface area contributed by atoms with Gasteiger partial charge in [-0.1, -0.05) is 17.8 Å². The third-order valence-corrected chi connectivity index (χ3v) is 6.35. The number of hydrogen-bond acceptors (Lipinski definition) is 5. The molecule has 1 N–H and O–H groups in total. The van der Waals surface area contributed by atoms with E-state index in [9.17, 15) is 27.6 Å². The van der Waals surface area contributed by atoms with Crippen LogP contribution in [0.1, 0.15) is 46.3 Å². The number of alkyl halides is 3. The van der Waals surface area contributed by atoms with Crippen LogP contribution >= 0.6 is 11.8 Å². The second-order valence-electron chi connectivity index (χ2n) is 7.19. The summed E-state index contributed by atoms with van der Waals surface area (Å²) in [7, 11) is 0. The van der Waals surface area contributed by atoms with Crippen LogP contribution in [0.25, 0.3) is 0 Å². The van der Waals surface area contributed by atoms with Crippen molar-refractivity contribution in [3.8, 4) is 11.5 Å². The molecular weight excluding hydrogens is 419 g/mol. The smallest absolute Gasteiger partial charge is 0.416 e. The van der Waals surface area contributed by atoms with E-state index < -0.39 is 22.8 Å². The summed E-state index contributed by atoms with van der Waals surface area (Å²) in [6, 6.07) is 8.01. The Morgan fingerprint density at radius 2 is 1.93 bits per heavy atom. The molecule has 4 rings (SSSR count). The van der Waals surface area contributed by atoms with Crippen LogP contribution < -0.4 is 10.1 Å². The summed E-state index contributed by atoms with van der Waals surface area (Å²) in [5.74, 6) is -0.493. The van der Waals surface area contributed by atoms with Crippen molar-refractivity contribution in [2.24, 2.45) is 0 Å². The van der Waals surface area contributed by atoms with Gasteiger partial charge in [-0.3, -0.25) is 19.7 Å². The zero-order chi connectivity index (χ0) is 21.6. The van der Waals surface area contributed by atoms with Crippen LogP contribution in [0.3, 0.4) is 0 Å². The van der Waals surface area contributed by atoms with Crippen LogP contribution in [0.4, 0.5) is 18.0 Å². The molecule has 1 aliphatic carbocycles. The second kappa shape index (κ2) is 7.46. The Morgan fingerprint density at radius 1 is 1.17 bits per heavy atom. The molecule has 0 spiro atoms. The molecule has 2 aromatic carbocycles. The van der Waals surface area contributed by atoms with Gasteiger partial charge in [0, 0.05) is 5.92 Å². The van der Waals surface area contributed by atoms with E-state index in [1.165, 1.54) is 6.92 Å². The number of carbonyl (C=O) groups excluding carboxylic acids is 3. The minimum atomic E-state index is -4.56. The monoisotopic (exact) mass is 435 g/mol. The lowest BCUT2D eigenvalue weighted by molar-refractivity contribution is -0.137. The molecule has 2 aliphatic rings. The third-order valence-electron chi connectivity index (χ3n) is 5.24. The fraction of sp³-hybridized carbons (Fsp3) is 0.286. The molecule has 1 aliphatic heterocycles. The number of fused-ring (bicyclic) bond motifs is 1. The maximum absolute atomic E-state index is 13.0. The fourth-order valence-corrected chi connectivity index (χ4v) is 4.84. The molecule has 0 radical (unpaired) electrons. The van der Waals surface area contributed by atoms with Crippen molar-refractivity contribution in [2.75, 3.05) is 0 Å². The van der Waals surface area contributed by atoms with E-state index in [1.807, 2.05) is 0 Å². The summed E-state index contributed by atoms with van der Waals surface area (Å²) in [4.78, 5) is 35.3. The van der Waals surface area contributed by atoms with Gasteiger partial charge in [0.05, 0.1) is 11.1 Å². The first-order valence-electron chi connectivity index (χ1n) is 9.18. The predicted octanol–water partition coefficient (Wildman–Crippen LogP) is 5.08. The van der Waals surface area contributed by atoms with Crippen molar-refractivity contribution in [1.29, 1.82) is 0 Å². The van der Waals surface area contributed by atoms with Crippen molar-refractivity contribution in [2.45, 2.75) is 37.1 Å².